The van der Waals surface area contributed by atoms with Crippen molar-refractivity contribution in [1.82, 2.24) is 0 Å². The zero-order valence-electron chi connectivity index (χ0n) is 8.33. The summed E-state index contributed by atoms with van der Waals surface area (Å²) in [6.45, 7) is -0.558. The third-order valence-electron chi connectivity index (χ3n) is 1.77. The fourth-order valence-corrected chi connectivity index (χ4v) is 1.25. The summed E-state index contributed by atoms with van der Waals surface area (Å²) < 4.78 is 40.2. The predicted octanol–water partition coefficient (Wildman–Crippen LogP) is 3.58. The topological polar surface area (TPSA) is 52.4 Å². The van der Waals surface area contributed by atoms with Crippen molar-refractivity contribution in [3.63, 3.8) is 0 Å². The van der Waals surface area contributed by atoms with Gasteiger partial charge in [0.1, 0.15) is 10.8 Å². The van der Waals surface area contributed by atoms with Gasteiger partial charge in [-0.25, -0.2) is 0 Å². The Morgan fingerprint density at radius 3 is 2.53 bits per heavy atom. The van der Waals surface area contributed by atoms with E-state index in [0.717, 1.165) is 12.1 Å². The van der Waals surface area contributed by atoms with Gasteiger partial charge >= 0.3 is 6.18 Å². The van der Waals surface area contributed by atoms with Crippen LogP contribution in [0.5, 0.6) is 5.75 Å². The van der Waals surface area contributed by atoms with Crippen LogP contribution < -0.4 is 4.74 Å². The molecule has 0 bridgehead atoms. The van der Waals surface area contributed by atoms with Crippen LogP contribution in [-0.2, 0) is 0 Å². The Kier molecular flexibility index (Phi) is 4.17. The molecule has 0 unspecified atom stereocenters. The number of benzene rings is 1. The molecule has 8 heteroatoms. The lowest BCUT2D eigenvalue weighted by molar-refractivity contribution is -0.384. The molecule has 0 aliphatic rings. The van der Waals surface area contributed by atoms with E-state index >= 15 is 0 Å². The maximum absolute atomic E-state index is 11.8. The minimum Gasteiger partial charge on any atom is -0.493 e. The Hall–Kier alpha value is -1.50. The zero-order valence-corrected chi connectivity index (χ0v) is 9.09. The van der Waals surface area contributed by atoms with E-state index < -0.39 is 24.1 Å². The van der Waals surface area contributed by atoms with Crippen LogP contribution in [0.2, 0.25) is 5.02 Å². The summed E-state index contributed by atoms with van der Waals surface area (Å²) >= 11 is 5.55. The summed E-state index contributed by atoms with van der Waals surface area (Å²) in [6, 6.07) is 3.38. The van der Waals surface area contributed by atoms with Crippen LogP contribution in [0.15, 0.2) is 18.2 Å². The maximum atomic E-state index is 11.8. The molecular formula is C9H7ClF3NO3. The number of hydrogen-bond acceptors (Lipinski definition) is 3. The molecule has 0 radical (unpaired) electrons. The molecule has 0 aromatic heterocycles. The first-order valence-corrected chi connectivity index (χ1v) is 4.81. The van der Waals surface area contributed by atoms with Crippen LogP contribution in [0.1, 0.15) is 6.42 Å². The largest absolute Gasteiger partial charge is 0.493 e. The highest BCUT2D eigenvalue weighted by Crippen LogP contribution is 2.29. The third-order valence-corrected chi connectivity index (χ3v) is 2.07. The van der Waals surface area contributed by atoms with Crippen molar-refractivity contribution in [2.45, 2.75) is 12.6 Å². The van der Waals surface area contributed by atoms with Gasteiger partial charge in [-0.15, -0.1) is 0 Å². The van der Waals surface area contributed by atoms with Crippen LogP contribution in [0, 0.1) is 10.1 Å². The molecule has 0 aliphatic heterocycles. The van der Waals surface area contributed by atoms with Crippen molar-refractivity contribution in [2.75, 3.05) is 6.61 Å². The van der Waals surface area contributed by atoms with Crippen molar-refractivity contribution >= 4 is 17.3 Å². The Balaban J connectivity index is 2.62. The summed E-state index contributed by atoms with van der Waals surface area (Å²) in [6.07, 6.45) is -5.40. The van der Waals surface area contributed by atoms with E-state index in [-0.39, 0.29) is 16.5 Å². The van der Waals surface area contributed by atoms with Crippen LogP contribution >= 0.6 is 11.6 Å². The van der Waals surface area contributed by atoms with E-state index in [1.54, 1.807) is 0 Å². The second-order valence-electron chi connectivity index (χ2n) is 3.08. The lowest BCUT2D eigenvalue weighted by atomic mass is 10.3. The lowest BCUT2D eigenvalue weighted by Crippen LogP contribution is -2.13. The minimum atomic E-state index is -4.30. The fourth-order valence-electron chi connectivity index (χ4n) is 1.01. The van der Waals surface area contributed by atoms with Gasteiger partial charge in [0.2, 0.25) is 0 Å². The summed E-state index contributed by atoms with van der Waals surface area (Å²) in [5, 5.41) is 10.2. The molecule has 0 aliphatic carbocycles. The van der Waals surface area contributed by atoms with Crippen molar-refractivity contribution in [3.8, 4) is 5.75 Å². The SMILES string of the molecule is O=[N+]([O-])c1ccc(OCCC(F)(F)F)cc1Cl. The Bertz CT molecular complexity index is 422. The van der Waals surface area contributed by atoms with E-state index in [2.05, 4.69) is 0 Å². The number of nitro benzene ring substituents is 1. The quantitative estimate of drug-likeness (QED) is 0.620. The van der Waals surface area contributed by atoms with Gasteiger partial charge in [0.05, 0.1) is 18.0 Å². The van der Waals surface area contributed by atoms with Crippen LogP contribution in [-0.4, -0.2) is 17.7 Å². The van der Waals surface area contributed by atoms with E-state index in [1.165, 1.54) is 6.07 Å². The third kappa shape index (κ3) is 4.48. The lowest BCUT2D eigenvalue weighted by Gasteiger charge is -2.08. The number of rotatable bonds is 4. The van der Waals surface area contributed by atoms with E-state index in [9.17, 15) is 23.3 Å². The highest BCUT2D eigenvalue weighted by atomic mass is 35.5. The maximum Gasteiger partial charge on any atom is 0.392 e. The standard InChI is InChI=1S/C9H7ClF3NO3/c10-7-5-6(1-2-8(7)14(15)16)17-4-3-9(11,12)13/h1-2,5H,3-4H2. The van der Waals surface area contributed by atoms with E-state index in [0.29, 0.717) is 0 Å². The molecule has 0 N–H and O–H groups in total. The van der Waals surface area contributed by atoms with Crippen LogP contribution in [0.4, 0.5) is 18.9 Å². The first kappa shape index (κ1) is 13.6. The van der Waals surface area contributed by atoms with Crippen molar-refractivity contribution < 1.29 is 22.8 Å². The van der Waals surface area contributed by atoms with Crippen molar-refractivity contribution in [2.24, 2.45) is 0 Å². The average Bonchev–Trinajstić information content (AvgIpc) is 2.15. The number of alkyl halides is 3. The fraction of sp³-hybridized carbons (Fsp3) is 0.333. The van der Waals surface area contributed by atoms with Crippen LogP contribution in [0.25, 0.3) is 0 Å². The Morgan fingerprint density at radius 1 is 1.41 bits per heavy atom. The summed E-state index contributed by atoms with van der Waals surface area (Å²) in [5.41, 5.74) is -0.324. The molecule has 0 saturated carbocycles. The summed E-state index contributed by atoms with van der Waals surface area (Å²) in [5.74, 6) is 0.0600. The molecule has 0 atom stereocenters. The molecule has 17 heavy (non-hydrogen) atoms. The minimum absolute atomic E-state index is 0.0600. The molecule has 0 saturated heterocycles. The molecule has 94 valence electrons. The predicted molar refractivity (Wildman–Crippen MR) is 54.3 cm³/mol. The number of hydrogen-bond donors (Lipinski definition) is 0. The summed E-state index contributed by atoms with van der Waals surface area (Å²) in [4.78, 5) is 9.72. The molecule has 0 amide bonds. The van der Waals surface area contributed by atoms with Gasteiger partial charge in [-0.3, -0.25) is 10.1 Å². The molecule has 4 nitrogen and oxygen atoms in total. The molecule has 1 aromatic rings. The Labute approximate surface area is 99.1 Å². The monoisotopic (exact) mass is 269 g/mol. The number of nitrogens with zero attached hydrogens (tertiary/aromatic N) is 1. The normalized spacial score (nSPS) is 11.3. The van der Waals surface area contributed by atoms with Gasteiger partial charge in [-0.2, -0.15) is 13.2 Å². The molecular weight excluding hydrogens is 263 g/mol. The zero-order chi connectivity index (χ0) is 13.1. The highest BCUT2D eigenvalue weighted by molar-refractivity contribution is 6.32. The molecule has 0 spiro atoms. The first-order chi connectivity index (χ1) is 7.79. The van der Waals surface area contributed by atoms with Gasteiger partial charge in [0, 0.05) is 12.1 Å². The highest BCUT2D eigenvalue weighted by Gasteiger charge is 2.26. The van der Waals surface area contributed by atoms with Gasteiger partial charge in [-0.05, 0) is 6.07 Å². The number of nitro groups is 1. The van der Waals surface area contributed by atoms with Crippen molar-refractivity contribution in [1.29, 1.82) is 0 Å². The van der Waals surface area contributed by atoms with E-state index in [4.69, 9.17) is 16.3 Å². The van der Waals surface area contributed by atoms with Crippen LogP contribution in [0.3, 0.4) is 0 Å². The first-order valence-electron chi connectivity index (χ1n) is 4.43. The van der Waals surface area contributed by atoms with Gasteiger partial charge in [-0.1, -0.05) is 11.6 Å². The van der Waals surface area contributed by atoms with Gasteiger partial charge in [0.25, 0.3) is 5.69 Å². The summed E-state index contributed by atoms with van der Waals surface area (Å²) in [7, 11) is 0. The second-order valence-corrected chi connectivity index (χ2v) is 3.49. The number of ether oxygens (including phenoxy) is 1. The molecule has 1 aromatic carbocycles. The smallest absolute Gasteiger partial charge is 0.392 e. The van der Waals surface area contributed by atoms with Gasteiger partial charge in [0.15, 0.2) is 0 Å². The molecule has 0 heterocycles. The van der Waals surface area contributed by atoms with Gasteiger partial charge < -0.3 is 4.74 Å². The Morgan fingerprint density at radius 2 is 2.06 bits per heavy atom. The molecule has 1 rings (SSSR count). The average molecular weight is 270 g/mol. The van der Waals surface area contributed by atoms with Crippen molar-refractivity contribution in [3.05, 3.63) is 33.3 Å². The molecule has 0 fully saturated rings. The number of halogens is 4. The van der Waals surface area contributed by atoms with E-state index in [1.807, 2.05) is 0 Å². The second kappa shape index (κ2) is 5.22.